The molecule has 3 aliphatic rings. The van der Waals surface area contributed by atoms with E-state index in [2.05, 4.69) is 27.0 Å². The van der Waals surface area contributed by atoms with E-state index in [1.165, 1.54) is 0 Å². The Hall–Kier alpha value is -1.21. The normalized spacial score (nSPS) is 43.6. The molecule has 3 rings (SSSR count). The number of hydrogen-bond donors (Lipinski definition) is 3. The Morgan fingerprint density at radius 2 is 1.91 bits per heavy atom. The monoisotopic (exact) mass is 492 g/mol. The Morgan fingerprint density at radius 1 is 1.26 bits per heavy atom. The highest BCUT2D eigenvalue weighted by Crippen LogP contribution is 2.63. The fourth-order valence-corrected chi connectivity index (χ4v) is 7.46. The number of aliphatic hydroxyl groups is 3. The molecule has 6 heteroatoms. The van der Waals surface area contributed by atoms with Crippen LogP contribution in [0.25, 0.3) is 0 Å². The van der Waals surface area contributed by atoms with Gasteiger partial charge in [0.15, 0.2) is 0 Å². The minimum atomic E-state index is -1.06. The van der Waals surface area contributed by atoms with E-state index in [4.69, 9.17) is 9.47 Å². The molecule has 0 radical (unpaired) electrons. The minimum Gasteiger partial charge on any atom is -0.461 e. The summed E-state index contributed by atoms with van der Waals surface area (Å²) < 4.78 is 12.1. The van der Waals surface area contributed by atoms with Crippen molar-refractivity contribution in [2.75, 3.05) is 13.2 Å². The molecule has 6 nitrogen and oxygen atoms in total. The first kappa shape index (κ1) is 28.4. The van der Waals surface area contributed by atoms with E-state index >= 15 is 0 Å². The molecule has 35 heavy (non-hydrogen) atoms. The molecule has 0 bridgehead atoms. The van der Waals surface area contributed by atoms with Crippen LogP contribution in [0.15, 0.2) is 24.8 Å². The van der Waals surface area contributed by atoms with Crippen molar-refractivity contribution >= 4 is 5.97 Å². The number of aliphatic hydroxyl groups excluding tert-OH is 2. The zero-order valence-corrected chi connectivity index (χ0v) is 22.7. The van der Waals surface area contributed by atoms with Gasteiger partial charge in [-0.3, -0.25) is 4.79 Å². The van der Waals surface area contributed by atoms with Crippen LogP contribution in [0.4, 0.5) is 0 Å². The van der Waals surface area contributed by atoms with Crippen molar-refractivity contribution < 1.29 is 29.6 Å². The van der Waals surface area contributed by atoms with Gasteiger partial charge in [0, 0.05) is 12.3 Å². The van der Waals surface area contributed by atoms with Crippen molar-refractivity contribution in [2.24, 2.45) is 34.5 Å². The average Bonchev–Trinajstić information content (AvgIpc) is 3.30. The molecule has 1 saturated heterocycles. The summed E-state index contributed by atoms with van der Waals surface area (Å²) in [7, 11) is 0. The van der Waals surface area contributed by atoms with E-state index in [1.807, 2.05) is 13.0 Å². The van der Waals surface area contributed by atoms with Gasteiger partial charge in [-0.15, -0.1) is 6.58 Å². The third-order valence-electron chi connectivity index (χ3n) is 9.39. The molecule has 1 spiro atoms. The second-order valence-electron chi connectivity index (χ2n) is 13.2. The van der Waals surface area contributed by atoms with Gasteiger partial charge in [0.2, 0.25) is 0 Å². The Morgan fingerprint density at radius 3 is 2.46 bits per heavy atom. The van der Waals surface area contributed by atoms with E-state index < -0.39 is 17.1 Å². The third-order valence-corrected chi connectivity index (χ3v) is 9.39. The van der Waals surface area contributed by atoms with Crippen LogP contribution in [0, 0.1) is 34.5 Å². The molecule has 2 saturated carbocycles. The summed E-state index contributed by atoms with van der Waals surface area (Å²) >= 11 is 0. The first-order valence-corrected chi connectivity index (χ1v) is 13.3. The van der Waals surface area contributed by atoms with Crippen LogP contribution in [0.2, 0.25) is 0 Å². The Balaban J connectivity index is 1.85. The summed E-state index contributed by atoms with van der Waals surface area (Å²) in [6.07, 6.45) is 5.54. The molecule has 0 aromatic heterocycles. The lowest BCUT2D eigenvalue weighted by Gasteiger charge is -2.44. The first-order valence-electron chi connectivity index (χ1n) is 13.3. The molecule has 200 valence electrons. The van der Waals surface area contributed by atoms with Crippen molar-refractivity contribution in [1.29, 1.82) is 0 Å². The maximum atomic E-state index is 12.3. The van der Waals surface area contributed by atoms with Crippen LogP contribution in [0.3, 0.4) is 0 Å². The van der Waals surface area contributed by atoms with Crippen LogP contribution in [-0.4, -0.2) is 57.9 Å². The average molecular weight is 493 g/mol. The molecule has 0 unspecified atom stereocenters. The number of ether oxygens (including phenoxy) is 2. The standard InChI is InChI=1S/C29H48O6/c1-9-10-23-27(7,11-12-29(23)19(3)13-20(16-30)35-29)14-21-24(22(31)15-28(21,8)33)18(2)17-34-25(32)26(4,5)6/h9,19-24,30-31,33H,1-2,10-17H2,3-8H3/t19-,20+,21-,22-,23+,24+,27+,28+,29-/m0/s1. The predicted octanol–water partition coefficient (Wildman–Crippen LogP) is 4.42. The second kappa shape index (κ2) is 9.92. The molecule has 3 fully saturated rings. The van der Waals surface area contributed by atoms with Gasteiger partial charge in [0.25, 0.3) is 0 Å². The van der Waals surface area contributed by atoms with Gasteiger partial charge in [0.1, 0.15) is 6.61 Å². The van der Waals surface area contributed by atoms with E-state index in [0.29, 0.717) is 17.9 Å². The van der Waals surface area contributed by atoms with Gasteiger partial charge in [-0.25, -0.2) is 0 Å². The maximum absolute atomic E-state index is 12.3. The summed E-state index contributed by atoms with van der Waals surface area (Å²) in [6, 6.07) is 0. The lowest BCUT2D eigenvalue weighted by Crippen LogP contribution is -2.45. The molecule has 1 heterocycles. The Kier molecular flexibility index (Phi) is 8.04. The molecule has 0 aromatic carbocycles. The van der Waals surface area contributed by atoms with Crippen LogP contribution in [-0.2, 0) is 14.3 Å². The lowest BCUT2D eigenvalue weighted by molar-refractivity contribution is -0.152. The smallest absolute Gasteiger partial charge is 0.311 e. The number of esters is 1. The molecule has 0 amide bonds. The zero-order chi connectivity index (χ0) is 26.4. The van der Waals surface area contributed by atoms with Gasteiger partial charge >= 0.3 is 5.97 Å². The number of carbonyl (C=O) groups is 1. The fraction of sp³-hybridized carbons (Fsp3) is 0.828. The van der Waals surface area contributed by atoms with Crippen molar-refractivity contribution in [3.8, 4) is 0 Å². The zero-order valence-electron chi connectivity index (χ0n) is 22.7. The summed E-state index contributed by atoms with van der Waals surface area (Å²) in [6.45, 7) is 20.0. The second-order valence-corrected chi connectivity index (χ2v) is 13.2. The summed E-state index contributed by atoms with van der Waals surface area (Å²) in [4.78, 5) is 12.3. The largest absolute Gasteiger partial charge is 0.461 e. The van der Waals surface area contributed by atoms with Gasteiger partial charge < -0.3 is 24.8 Å². The highest BCUT2D eigenvalue weighted by molar-refractivity contribution is 5.75. The van der Waals surface area contributed by atoms with Crippen molar-refractivity contribution in [2.45, 2.75) is 103 Å². The lowest BCUT2D eigenvalue weighted by atomic mass is 9.63. The van der Waals surface area contributed by atoms with Crippen LogP contribution in [0.5, 0.6) is 0 Å². The van der Waals surface area contributed by atoms with E-state index in [0.717, 1.165) is 25.7 Å². The molecule has 9 atom stereocenters. The van der Waals surface area contributed by atoms with Gasteiger partial charge in [-0.2, -0.15) is 0 Å². The molecular formula is C29H48O6. The molecule has 0 aromatic rings. The van der Waals surface area contributed by atoms with Crippen molar-refractivity contribution in [1.82, 2.24) is 0 Å². The number of rotatable bonds is 8. The molecule has 2 aliphatic carbocycles. The summed E-state index contributed by atoms with van der Waals surface area (Å²) in [5.74, 6) is -0.376. The van der Waals surface area contributed by atoms with E-state index in [-0.39, 0.29) is 60.5 Å². The van der Waals surface area contributed by atoms with Crippen LogP contribution < -0.4 is 0 Å². The van der Waals surface area contributed by atoms with Gasteiger partial charge in [-0.1, -0.05) is 26.5 Å². The Labute approximate surface area is 211 Å². The quantitative estimate of drug-likeness (QED) is 0.343. The summed E-state index contributed by atoms with van der Waals surface area (Å²) in [5, 5.41) is 32.2. The summed E-state index contributed by atoms with van der Waals surface area (Å²) in [5.41, 5.74) is -1.48. The van der Waals surface area contributed by atoms with Crippen LogP contribution >= 0.6 is 0 Å². The fourth-order valence-electron chi connectivity index (χ4n) is 7.46. The van der Waals surface area contributed by atoms with Gasteiger partial charge in [0.05, 0.1) is 35.4 Å². The number of hydrogen-bond acceptors (Lipinski definition) is 6. The molecule has 1 aliphatic heterocycles. The van der Waals surface area contributed by atoms with Crippen LogP contribution in [0.1, 0.15) is 80.1 Å². The minimum absolute atomic E-state index is 0.0301. The predicted molar refractivity (Wildman–Crippen MR) is 137 cm³/mol. The molecule has 3 N–H and O–H groups in total. The van der Waals surface area contributed by atoms with Crippen molar-refractivity contribution in [3.05, 3.63) is 24.8 Å². The Bertz CT molecular complexity index is 812. The highest BCUT2D eigenvalue weighted by atomic mass is 16.5. The molecular weight excluding hydrogens is 444 g/mol. The van der Waals surface area contributed by atoms with E-state index in [1.54, 1.807) is 20.8 Å². The maximum Gasteiger partial charge on any atom is 0.311 e. The number of allylic oxidation sites excluding steroid dienone is 1. The SMILES string of the molecule is C=CC[C@@H]1[C@@](C)(C[C@H]2[C@@H](C(=C)COC(=O)C(C)(C)C)[C@@H](O)C[C@@]2(C)O)CC[C@@]12O[C@@H](CO)C[C@@H]2C. The number of carbonyl (C=O) groups excluding carboxylic acids is 1. The van der Waals surface area contributed by atoms with Crippen molar-refractivity contribution in [3.63, 3.8) is 0 Å². The third kappa shape index (κ3) is 5.27. The van der Waals surface area contributed by atoms with Gasteiger partial charge in [-0.05, 0) is 88.5 Å². The highest BCUT2D eigenvalue weighted by Gasteiger charge is 2.62. The first-order chi connectivity index (χ1) is 16.1. The topological polar surface area (TPSA) is 96.2 Å². The van der Waals surface area contributed by atoms with E-state index in [9.17, 15) is 20.1 Å².